The molecule has 0 radical (unpaired) electrons. The van der Waals surface area contributed by atoms with Gasteiger partial charge in [0.1, 0.15) is 11.5 Å². The first-order valence-electron chi connectivity index (χ1n) is 9.42. The highest BCUT2D eigenvalue weighted by Gasteiger charge is 2.18. The number of nitrogens with zero attached hydrogens (tertiary/aromatic N) is 6. The number of hydrogen-bond donors (Lipinski definition) is 0. The molecule has 0 bridgehead atoms. The van der Waals surface area contributed by atoms with Crippen LogP contribution >= 0.6 is 0 Å². The first kappa shape index (κ1) is 16.8. The third-order valence-corrected chi connectivity index (χ3v) is 5.11. The molecule has 140 valence electrons. The molecule has 6 nitrogen and oxygen atoms in total. The van der Waals surface area contributed by atoms with Crippen molar-refractivity contribution in [1.29, 1.82) is 0 Å². The summed E-state index contributed by atoms with van der Waals surface area (Å²) in [4.78, 5) is 15.8. The predicted molar refractivity (Wildman–Crippen MR) is 106 cm³/mol. The molecule has 0 saturated carbocycles. The summed E-state index contributed by atoms with van der Waals surface area (Å²) >= 11 is 0. The van der Waals surface area contributed by atoms with Crippen molar-refractivity contribution in [2.24, 2.45) is 0 Å². The number of fused-ring (bicyclic) bond motifs is 1. The second-order valence-corrected chi connectivity index (χ2v) is 6.93. The molecule has 0 N–H and O–H groups in total. The monoisotopic (exact) mass is 374 g/mol. The molecule has 5 rings (SSSR count). The van der Waals surface area contributed by atoms with Gasteiger partial charge in [-0.15, -0.1) is 0 Å². The quantitative estimate of drug-likeness (QED) is 0.545. The Bertz CT molecular complexity index is 1120. The van der Waals surface area contributed by atoms with Crippen LogP contribution in [-0.2, 0) is 6.54 Å². The standard InChI is InChI=1S/C21H19FN6/c22-18-8-2-1-6-15(18)14-28-21-17(7-5-9-23-21)19(26-28)20-24-12-16(13-25-20)27-10-3-4-11-27/h1-2,5-9,12-13H,3-4,10-11,14H2. The maximum absolute atomic E-state index is 14.1. The van der Waals surface area contributed by atoms with Crippen molar-refractivity contribution >= 4 is 16.7 Å². The molecule has 0 atom stereocenters. The number of halogens is 1. The van der Waals surface area contributed by atoms with E-state index in [0.29, 0.717) is 29.3 Å². The summed E-state index contributed by atoms with van der Waals surface area (Å²) in [7, 11) is 0. The van der Waals surface area contributed by atoms with Crippen molar-refractivity contribution in [3.05, 3.63) is 66.4 Å². The Hall–Kier alpha value is -3.35. The van der Waals surface area contributed by atoms with Gasteiger partial charge in [-0.1, -0.05) is 18.2 Å². The molecular formula is C21H19FN6. The largest absolute Gasteiger partial charge is 0.369 e. The molecule has 7 heteroatoms. The zero-order chi connectivity index (χ0) is 18.9. The lowest BCUT2D eigenvalue weighted by Gasteiger charge is -2.16. The SMILES string of the molecule is Fc1ccccc1Cn1nc(-c2ncc(N3CCCC3)cn2)c2cccnc21. The molecule has 0 unspecified atom stereocenters. The van der Waals surface area contributed by atoms with Crippen molar-refractivity contribution in [2.75, 3.05) is 18.0 Å². The summed E-state index contributed by atoms with van der Waals surface area (Å²) in [6, 6.07) is 10.5. The molecule has 28 heavy (non-hydrogen) atoms. The van der Waals surface area contributed by atoms with Gasteiger partial charge in [-0.05, 0) is 31.0 Å². The topological polar surface area (TPSA) is 59.7 Å². The van der Waals surface area contributed by atoms with Crippen LogP contribution < -0.4 is 4.90 Å². The molecule has 1 aromatic carbocycles. The maximum atomic E-state index is 14.1. The van der Waals surface area contributed by atoms with Crippen LogP contribution in [0.4, 0.5) is 10.1 Å². The summed E-state index contributed by atoms with van der Waals surface area (Å²) < 4.78 is 15.8. The van der Waals surface area contributed by atoms with E-state index in [-0.39, 0.29) is 5.82 Å². The van der Waals surface area contributed by atoms with Crippen LogP contribution in [0.25, 0.3) is 22.6 Å². The van der Waals surface area contributed by atoms with Gasteiger partial charge in [0.15, 0.2) is 11.5 Å². The minimum absolute atomic E-state index is 0.255. The molecule has 4 heterocycles. The van der Waals surface area contributed by atoms with Gasteiger partial charge < -0.3 is 4.90 Å². The molecular weight excluding hydrogens is 355 g/mol. The number of rotatable bonds is 4. The number of anilines is 1. The summed E-state index contributed by atoms with van der Waals surface area (Å²) in [6.45, 7) is 2.39. The lowest BCUT2D eigenvalue weighted by Crippen LogP contribution is -2.18. The molecule has 0 aliphatic carbocycles. The normalized spacial score (nSPS) is 14.1. The number of aromatic nitrogens is 5. The summed E-state index contributed by atoms with van der Waals surface area (Å²) in [6.07, 6.45) is 7.83. The fourth-order valence-corrected chi connectivity index (χ4v) is 3.65. The predicted octanol–water partition coefficient (Wildman–Crippen LogP) is 3.68. The third-order valence-electron chi connectivity index (χ3n) is 5.11. The highest BCUT2D eigenvalue weighted by atomic mass is 19.1. The Morgan fingerprint density at radius 2 is 1.71 bits per heavy atom. The van der Waals surface area contributed by atoms with Crippen molar-refractivity contribution < 1.29 is 4.39 Å². The minimum atomic E-state index is -0.255. The van der Waals surface area contributed by atoms with Crippen molar-refractivity contribution in [3.8, 4) is 11.5 Å². The van der Waals surface area contributed by atoms with Gasteiger partial charge in [0.05, 0.1) is 30.0 Å². The number of benzene rings is 1. The Morgan fingerprint density at radius 1 is 0.929 bits per heavy atom. The van der Waals surface area contributed by atoms with Gasteiger partial charge in [-0.2, -0.15) is 5.10 Å². The van der Waals surface area contributed by atoms with Gasteiger partial charge >= 0.3 is 0 Å². The van der Waals surface area contributed by atoms with Crippen LogP contribution in [0, 0.1) is 5.82 Å². The Morgan fingerprint density at radius 3 is 2.50 bits per heavy atom. The van der Waals surface area contributed by atoms with E-state index in [9.17, 15) is 4.39 Å². The highest BCUT2D eigenvalue weighted by Crippen LogP contribution is 2.26. The first-order valence-corrected chi connectivity index (χ1v) is 9.42. The molecule has 1 saturated heterocycles. The van der Waals surface area contributed by atoms with Gasteiger partial charge in [-0.3, -0.25) is 0 Å². The zero-order valence-corrected chi connectivity index (χ0v) is 15.3. The zero-order valence-electron chi connectivity index (χ0n) is 15.3. The Labute approximate surface area is 161 Å². The van der Waals surface area contributed by atoms with E-state index >= 15 is 0 Å². The molecule has 3 aromatic heterocycles. The second-order valence-electron chi connectivity index (χ2n) is 6.93. The Kier molecular flexibility index (Phi) is 4.20. The van der Waals surface area contributed by atoms with Crippen molar-refractivity contribution in [1.82, 2.24) is 24.7 Å². The van der Waals surface area contributed by atoms with Crippen LogP contribution in [0.15, 0.2) is 55.0 Å². The molecule has 1 aliphatic rings. The van der Waals surface area contributed by atoms with E-state index in [0.717, 1.165) is 24.2 Å². The smallest absolute Gasteiger partial charge is 0.180 e. The molecule has 4 aromatic rings. The van der Waals surface area contributed by atoms with Gasteiger partial charge in [0.25, 0.3) is 0 Å². The summed E-state index contributed by atoms with van der Waals surface area (Å²) in [5.74, 6) is 0.295. The van der Waals surface area contributed by atoms with Crippen LogP contribution in [0.2, 0.25) is 0 Å². The third kappa shape index (κ3) is 2.98. The van der Waals surface area contributed by atoms with E-state index in [1.807, 2.05) is 30.6 Å². The van der Waals surface area contributed by atoms with Gasteiger partial charge in [-0.25, -0.2) is 24.0 Å². The van der Waals surface area contributed by atoms with Gasteiger partial charge in [0, 0.05) is 24.8 Å². The van der Waals surface area contributed by atoms with E-state index < -0.39 is 0 Å². The fraction of sp³-hybridized carbons (Fsp3) is 0.238. The fourth-order valence-electron chi connectivity index (χ4n) is 3.65. The molecule has 0 amide bonds. The van der Waals surface area contributed by atoms with Crippen LogP contribution in [-0.4, -0.2) is 37.8 Å². The second kappa shape index (κ2) is 6.99. The first-order chi connectivity index (χ1) is 13.8. The lowest BCUT2D eigenvalue weighted by molar-refractivity contribution is 0.589. The van der Waals surface area contributed by atoms with E-state index in [2.05, 4.69) is 25.0 Å². The average Bonchev–Trinajstić information content (AvgIpc) is 3.39. The maximum Gasteiger partial charge on any atom is 0.180 e. The summed E-state index contributed by atoms with van der Waals surface area (Å²) in [5.41, 5.74) is 2.95. The van der Waals surface area contributed by atoms with E-state index in [1.54, 1.807) is 23.0 Å². The molecule has 1 fully saturated rings. The Balaban J connectivity index is 1.54. The number of hydrogen-bond acceptors (Lipinski definition) is 5. The van der Waals surface area contributed by atoms with Crippen LogP contribution in [0.5, 0.6) is 0 Å². The molecule has 1 aliphatic heterocycles. The van der Waals surface area contributed by atoms with E-state index in [1.165, 1.54) is 18.9 Å². The highest BCUT2D eigenvalue weighted by molar-refractivity contribution is 5.89. The van der Waals surface area contributed by atoms with Crippen LogP contribution in [0.1, 0.15) is 18.4 Å². The van der Waals surface area contributed by atoms with Gasteiger partial charge in [0.2, 0.25) is 0 Å². The minimum Gasteiger partial charge on any atom is -0.369 e. The summed E-state index contributed by atoms with van der Waals surface area (Å²) in [5, 5.41) is 5.53. The van der Waals surface area contributed by atoms with E-state index in [4.69, 9.17) is 0 Å². The van der Waals surface area contributed by atoms with Crippen molar-refractivity contribution in [2.45, 2.75) is 19.4 Å². The van der Waals surface area contributed by atoms with Crippen LogP contribution in [0.3, 0.4) is 0 Å². The number of pyridine rings is 1. The lowest BCUT2D eigenvalue weighted by atomic mass is 10.2. The molecule has 0 spiro atoms. The average molecular weight is 374 g/mol. The van der Waals surface area contributed by atoms with Crippen molar-refractivity contribution in [3.63, 3.8) is 0 Å².